The van der Waals surface area contributed by atoms with Gasteiger partial charge in [0.25, 0.3) is 0 Å². The summed E-state index contributed by atoms with van der Waals surface area (Å²) in [6.07, 6.45) is 1.21. The SMILES string of the molecule is CCCSc1ccccc1CCl. The van der Waals surface area contributed by atoms with E-state index >= 15 is 0 Å². The maximum absolute atomic E-state index is 5.80. The van der Waals surface area contributed by atoms with Crippen LogP contribution in [0.15, 0.2) is 29.2 Å². The van der Waals surface area contributed by atoms with E-state index in [1.165, 1.54) is 22.6 Å². The molecule has 1 rings (SSSR count). The van der Waals surface area contributed by atoms with Crippen molar-refractivity contribution in [3.63, 3.8) is 0 Å². The number of benzene rings is 1. The highest BCUT2D eigenvalue weighted by molar-refractivity contribution is 7.99. The van der Waals surface area contributed by atoms with Crippen LogP contribution in [0, 0.1) is 0 Å². The molecule has 0 aromatic heterocycles. The van der Waals surface area contributed by atoms with E-state index in [4.69, 9.17) is 11.6 Å². The molecular weight excluding hydrogens is 188 g/mol. The van der Waals surface area contributed by atoms with Gasteiger partial charge >= 0.3 is 0 Å². The summed E-state index contributed by atoms with van der Waals surface area (Å²) >= 11 is 7.68. The zero-order chi connectivity index (χ0) is 8.81. The first kappa shape index (κ1) is 9.94. The Balaban J connectivity index is 2.68. The molecule has 0 aliphatic carbocycles. The molecule has 0 aliphatic heterocycles. The van der Waals surface area contributed by atoms with Crippen LogP contribution in [-0.2, 0) is 5.88 Å². The number of thioether (sulfide) groups is 1. The molecule has 66 valence electrons. The maximum Gasteiger partial charge on any atom is 0.0485 e. The molecule has 1 aromatic rings. The Morgan fingerprint density at radius 1 is 1.33 bits per heavy atom. The summed E-state index contributed by atoms with van der Waals surface area (Å²) in [6, 6.07) is 8.32. The summed E-state index contributed by atoms with van der Waals surface area (Å²) < 4.78 is 0. The van der Waals surface area contributed by atoms with E-state index in [-0.39, 0.29) is 0 Å². The van der Waals surface area contributed by atoms with E-state index in [0.717, 1.165) is 0 Å². The van der Waals surface area contributed by atoms with Crippen molar-refractivity contribution >= 4 is 23.4 Å². The maximum atomic E-state index is 5.80. The van der Waals surface area contributed by atoms with Gasteiger partial charge < -0.3 is 0 Å². The third kappa shape index (κ3) is 2.72. The van der Waals surface area contributed by atoms with Crippen molar-refractivity contribution in [1.82, 2.24) is 0 Å². The number of alkyl halides is 1. The third-order valence-electron chi connectivity index (χ3n) is 1.58. The number of rotatable bonds is 4. The van der Waals surface area contributed by atoms with Gasteiger partial charge in [-0.3, -0.25) is 0 Å². The minimum atomic E-state index is 0.618. The van der Waals surface area contributed by atoms with Crippen molar-refractivity contribution in [2.75, 3.05) is 5.75 Å². The lowest BCUT2D eigenvalue weighted by molar-refractivity contribution is 1.10. The molecule has 0 saturated heterocycles. The van der Waals surface area contributed by atoms with Gasteiger partial charge in [0.2, 0.25) is 0 Å². The average Bonchev–Trinajstić information content (AvgIpc) is 2.15. The Kier molecular flexibility index (Phi) is 4.55. The topological polar surface area (TPSA) is 0 Å². The van der Waals surface area contributed by atoms with E-state index in [2.05, 4.69) is 25.1 Å². The summed E-state index contributed by atoms with van der Waals surface area (Å²) in [7, 11) is 0. The minimum Gasteiger partial charge on any atom is -0.126 e. The zero-order valence-electron chi connectivity index (χ0n) is 7.22. The van der Waals surface area contributed by atoms with Gasteiger partial charge in [-0.25, -0.2) is 0 Å². The van der Waals surface area contributed by atoms with E-state index in [1.54, 1.807) is 0 Å². The summed E-state index contributed by atoms with van der Waals surface area (Å²) in [5.41, 5.74) is 1.25. The highest BCUT2D eigenvalue weighted by atomic mass is 35.5. The van der Waals surface area contributed by atoms with Gasteiger partial charge in [0.05, 0.1) is 0 Å². The second-order valence-corrected chi connectivity index (χ2v) is 3.99. The lowest BCUT2D eigenvalue weighted by Crippen LogP contribution is -1.83. The Hall–Kier alpha value is -0.140. The molecule has 0 amide bonds. The van der Waals surface area contributed by atoms with Crippen LogP contribution in [0.4, 0.5) is 0 Å². The molecule has 0 radical (unpaired) electrons. The molecule has 0 spiro atoms. The average molecular weight is 201 g/mol. The first-order valence-electron chi connectivity index (χ1n) is 4.15. The van der Waals surface area contributed by atoms with Crippen molar-refractivity contribution < 1.29 is 0 Å². The monoisotopic (exact) mass is 200 g/mol. The van der Waals surface area contributed by atoms with E-state index < -0.39 is 0 Å². The Morgan fingerprint density at radius 3 is 2.75 bits per heavy atom. The van der Waals surface area contributed by atoms with Crippen LogP contribution in [0.1, 0.15) is 18.9 Å². The first-order valence-corrected chi connectivity index (χ1v) is 5.67. The zero-order valence-corrected chi connectivity index (χ0v) is 8.79. The van der Waals surface area contributed by atoms with Crippen LogP contribution in [0.25, 0.3) is 0 Å². The summed E-state index contributed by atoms with van der Waals surface area (Å²) in [6.45, 7) is 2.19. The quantitative estimate of drug-likeness (QED) is 0.524. The third-order valence-corrected chi connectivity index (χ3v) is 3.19. The predicted molar refractivity (Wildman–Crippen MR) is 57.0 cm³/mol. The van der Waals surface area contributed by atoms with Crippen molar-refractivity contribution in [3.05, 3.63) is 29.8 Å². The Bertz CT molecular complexity index is 235. The standard InChI is InChI=1S/C10H13ClS/c1-2-7-12-10-6-4-3-5-9(10)8-11/h3-6H,2,7-8H2,1H3. The molecule has 12 heavy (non-hydrogen) atoms. The van der Waals surface area contributed by atoms with Crippen LogP contribution < -0.4 is 0 Å². The molecule has 0 bridgehead atoms. The fourth-order valence-corrected chi connectivity index (χ4v) is 2.20. The molecule has 0 atom stereocenters. The summed E-state index contributed by atoms with van der Waals surface area (Å²) in [5, 5.41) is 0. The minimum absolute atomic E-state index is 0.618. The molecule has 0 unspecified atom stereocenters. The van der Waals surface area contributed by atoms with Crippen LogP contribution in [0.5, 0.6) is 0 Å². The molecule has 0 saturated carbocycles. The van der Waals surface area contributed by atoms with Gasteiger partial charge in [-0.15, -0.1) is 23.4 Å². The van der Waals surface area contributed by atoms with Gasteiger partial charge in [0.15, 0.2) is 0 Å². The fraction of sp³-hybridized carbons (Fsp3) is 0.400. The molecule has 1 aromatic carbocycles. The normalized spacial score (nSPS) is 10.2. The molecular formula is C10H13ClS. The summed E-state index contributed by atoms with van der Waals surface area (Å²) in [5.74, 6) is 1.79. The molecule has 0 heterocycles. The predicted octanol–water partition coefficient (Wildman–Crippen LogP) is 3.93. The number of hydrogen-bond acceptors (Lipinski definition) is 1. The van der Waals surface area contributed by atoms with Gasteiger partial charge in [0, 0.05) is 10.8 Å². The summed E-state index contributed by atoms with van der Waals surface area (Å²) in [4.78, 5) is 1.33. The van der Waals surface area contributed by atoms with Crippen molar-refractivity contribution in [2.24, 2.45) is 0 Å². The highest BCUT2D eigenvalue weighted by Gasteiger charge is 1.98. The fourth-order valence-electron chi connectivity index (χ4n) is 0.967. The molecule has 0 aliphatic rings. The molecule has 0 fully saturated rings. The van der Waals surface area contributed by atoms with Crippen LogP contribution in [-0.4, -0.2) is 5.75 Å². The van der Waals surface area contributed by atoms with Crippen molar-refractivity contribution in [1.29, 1.82) is 0 Å². The van der Waals surface area contributed by atoms with Gasteiger partial charge in [-0.05, 0) is 23.8 Å². The van der Waals surface area contributed by atoms with Crippen LogP contribution in [0.2, 0.25) is 0 Å². The second-order valence-electron chi connectivity index (χ2n) is 2.59. The van der Waals surface area contributed by atoms with Gasteiger partial charge in [0.1, 0.15) is 0 Å². The van der Waals surface area contributed by atoms with Crippen LogP contribution >= 0.6 is 23.4 Å². The van der Waals surface area contributed by atoms with Crippen molar-refractivity contribution in [3.8, 4) is 0 Å². The van der Waals surface area contributed by atoms with Gasteiger partial charge in [-0.1, -0.05) is 25.1 Å². The van der Waals surface area contributed by atoms with Gasteiger partial charge in [-0.2, -0.15) is 0 Å². The Morgan fingerprint density at radius 2 is 2.08 bits per heavy atom. The lowest BCUT2D eigenvalue weighted by atomic mass is 10.2. The first-order chi connectivity index (χ1) is 5.88. The van der Waals surface area contributed by atoms with E-state index in [1.807, 2.05) is 17.8 Å². The van der Waals surface area contributed by atoms with Crippen molar-refractivity contribution in [2.45, 2.75) is 24.1 Å². The molecule has 0 nitrogen and oxygen atoms in total. The Labute approximate surface area is 83.3 Å². The number of halogens is 1. The largest absolute Gasteiger partial charge is 0.126 e. The van der Waals surface area contributed by atoms with E-state index in [0.29, 0.717) is 5.88 Å². The lowest BCUT2D eigenvalue weighted by Gasteiger charge is -2.04. The highest BCUT2D eigenvalue weighted by Crippen LogP contribution is 2.24. The van der Waals surface area contributed by atoms with Crippen LogP contribution in [0.3, 0.4) is 0 Å². The second kappa shape index (κ2) is 5.50. The number of hydrogen-bond donors (Lipinski definition) is 0. The smallest absolute Gasteiger partial charge is 0.0485 e. The van der Waals surface area contributed by atoms with E-state index in [9.17, 15) is 0 Å². The molecule has 2 heteroatoms. The molecule has 0 N–H and O–H groups in total.